The van der Waals surface area contributed by atoms with Gasteiger partial charge >= 0.3 is 119 Å². The normalized spacial score (nSPS) is 17.2. The van der Waals surface area contributed by atoms with Gasteiger partial charge in [-0.1, -0.05) is 0 Å². The molecule has 2 nitrogen and oxygen atoms in total. The van der Waals surface area contributed by atoms with E-state index in [-0.39, 0.29) is 0 Å². The number of halogens is 42. The van der Waals surface area contributed by atoms with Gasteiger partial charge in [0.05, 0.1) is 13.2 Å². The van der Waals surface area contributed by atoms with Crippen LogP contribution in [0, 0.1) is 0 Å². The molecule has 0 saturated carbocycles. The average Bonchev–Trinajstić information content (AvgIpc) is 3.07. The predicted molar refractivity (Wildman–Crippen MR) is 113 cm³/mol. The molecule has 0 saturated heterocycles. The quantitative estimate of drug-likeness (QED) is 0.0842. The minimum Gasteiger partial charge on any atom is -0.313 e. The molecule has 0 radical (unpaired) electrons. The van der Waals surface area contributed by atoms with Crippen LogP contribution in [0.3, 0.4) is 0 Å². The Bertz CT molecular complexity index is 1580. The topological polar surface area (TPSA) is 18.5 Å². The van der Waals surface area contributed by atoms with Crippen molar-refractivity contribution in [3.05, 3.63) is 0 Å². The van der Waals surface area contributed by atoms with E-state index in [0.717, 1.165) is 0 Å². The van der Waals surface area contributed by atoms with Gasteiger partial charge in [-0.15, -0.1) is 0 Å². The van der Waals surface area contributed by atoms with Crippen molar-refractivity contribution in [2.75, 3.05) is 13.2 Å². The highest BCUT2D eigenvalue weighted by atomic mass is 19.5. The van der Waals surface area contributed by atoms with Gasteiger partial charge in [0, 0.05) is 0 Å². The summed E-state index contributed by atoms with van der Waals surface area (Å²) in [5.74, 6) is -151. The summed E-state index contributed by atoms with van der Waals surface area (Å²) in [6, 6.07) is 0. The molecule has 0 unspecified atom stereocenters. The van der Waals surface area contributed by atoms with Crippen molar-refractivity contribution < 1.29 is 194 Å². The molecule has 0 aliphatic rings. The minimum atomic E-state index is -9.80. The number of hydrogen-bond donors (Lipinski definition) is 0. The third-order valence-corrected chi connectivity index (χ3v) is 7.61. The maximum atomic E-state index is 13.8. The van der Waals surface area contributed by atoms with Crippen LogP contribution < -0.4 is 0 Å². The van der Waals surface area contributed by atoms with Crippen LogP contribution in [0.5, 0.6) is 0 Å². The van der Waals surface area contributed by atoms with E-state index in [1.165, 1.54) is 0 Å². The molecule has 0 aliphatic carbocycles. The molecular weight excluding hydrogens is 1090 g/mol. The smallest absolute Gasteiger partial charge is 0.313 e. The number of rotatable bonds is 21. The molecule has 44 heteroatoms. The van der Waals surface area contributed by atoms with Gasteiger partial charge in [-0.05, 0) is 0 Å². The minimum absolute atomic E-state index is 1.88. The monoisotopic (exact) mass is 1100 g/mol. The lowest BCUT2D eigenvalue weighted by atomic mass is 9.87. The molecular formula is C22H4F42O2. The zero-order valence-corrected chi connectivity index (χ0v) is 28.1. The Morgan fingerprint density at radius 2 is 0.258 bits per heavy atom. The summed E-state index contributed by atoms with van der Waals surface area (Å²) in [7, 11) is 0. The molecule has 66 heavy (non-hydrogen) atoms. The fourth-order valence-corrected chi connectivity index (χ4v) is 3.61. The molecule has 0 fully saturated rings. The van der Waals surface area contributed by atoms with Crippen molar-refractivity contribution in [3.8, 4) is 0 Å². The van der Waals surface area contributed by atoms with Crippen LogP contribution in [-0.4, -0.2) is 133 Å². The molecule has 0 spiro atoms. The second kappa shape index (κ2) is 15.7. The zero-order valence-electron chi connectivity index (χ0n) is 28.1. The summed E-state index contributed by atoms with van der Waals surface area (Å²) in [6.45, 7) is -7.74. The third-order valence-electron chi connectivity index (χ3n) is 7.61. The van der Waals surface area contributed by atoms with Crippen molar-refractivity contribution in [1.82, 2.24) is 0 Å². The molecule has 0 bridgehead atoms. The highest BCUT2D eigenvalue weighted by molar-refractivity contribution is 5.19. The van der Waals surface area contributed by atoms with Crippen LogP contribution in [0.4, 0.5) is 184 Å². The average molecular weight is 1100 g/mol. The van der Waals surface area contributed by atoms with Gasteiger partial charge in [0.2, 0.25) is 0 Å². The van der Waals surface area contributed by atoms with Crippen LogP contribution >= 0.6 is 0 Å². The van der Waals surface area contributed by atoms with Crippen molar-refractivity contribution in [2.45, 2.75) is 119 Å². The van der Waals surface area contributed by atoms with Gasteiger partial charge in [-0.25, -0.2) is 0 Å². The standard InChI is InChI=1S/C22H4F42O2/c23-3(24,7(31,32)11(39,40)15(47,48)19(55,56)57)5(27,28)9(35,36)13(43,44)17(51,52)21(61,62)65-1-2-66-22(63,64)18(53,54)14(45,46)10(37,38)6(29,30)4(25,26)8(33,34)12(41,42)16(49,50)20(58,59)60/h1-2H2. The summed E-state index contributed by atoms with van der Waals surface area (Å²) >= 11 is 0. The summed E-state index contributed by atoms with van der Waals surface area (Å²) in [4.78, 5) is 0. The fraction of sp³-hybridized carbons (Fsp3) is 1.00. The van der Waals surface area contributed by atoms with E-state index in [1.807, 2.05) is 9.47 Å². The van der Waals surface area contributed by atoms with E-state index >= 15 is 0 Å². The molecule has 0 N–H and O–H groups in total. The Hall–Kier alpha value is -3.02. The Morgan fingerprint density at radius 1 is 0.152 bits per heavy atom. The van der Waals surface area contributed by atoms with E-state index in [9.17, 15) is 184 Å². The number of ether oxygens (including phenoxy) is 2. The molecule has 398 valence electrons. The first-order valence-electron chi connectivity index (χ1n) is 13.9. The Balaban J connectivity index is 6.92. The molecule has 0 rings (SSSR count). The van der Waals surface area contributed by atoms with Crippen LogP contribution in [0.2, 0.25) is 0 Å². The summed E-state index contributed by atoms with van der Waals surface area (Å²) in [5, 5.41) is 0. The fourth-order valence-electron chi connectivity index (χ4n) is 3.61. The molecule has 0 aromatic rings. The maximum absolute atomic E-state index is 13.8. The molecule has 0 amide bonds. The molecule has 0 atom stereocenters. The first kappa shape index (κ1) is 63.0. The SMILES string of the molecule is FC(F)(F)C(F)(F)C(F)(F)C(F)(F)C(F)(F)C(F)(F)C(F)(F)C(F)(F)C(F)(F)C(F)(F)OCCOC(F)(F)C(F)(F)C(F)(F)C(F)(F)C(F)(F)C(F)(F)C(F)(F)C(F)(F)C(F)(F)C(F)(F)F. The number of hydrogen-bond acceptors (Lipinski definition) is 2. The van der Waals surface area contributed by atoms with Crippen molar-refractivity contribution in [3.63, 3.8) is 0 Å². The van der Waals surface area contributed by atoms with Gasteiger partial charge in [-0.3, -0.25) is 0 Å². The maximum Gasteiger partial charge on any atom is 0.460 e. The van der Waals surface area contributed by atoms with Gasteiger partial charge in [-0.2, -0.15) is 184 Å². The van der Waals surface area contributed by atoms with Crippen LogP contribution in [0.15, 0.2) is 0 Å². The first-order chi connectivity index (χ1) is 27.7. The molecule has 0 aromatic carbocycles. The summed E-state index contributed by atoms with van der Waals surface area (Å²) in [6.07, 6.45) is -33.3. The summed E-state index contributed by atoms with van der Waals surface area (Å²) in [5.41, 5.74) is 0. The number of alkyl halides is 42. The largest absolute Gasteiger partial charge is 0.460 e. The second-order valence-corrected chi connectivity index (χ2v) is 11.9. The Labute approximate surface area is 328 Å². The van der Waals surface area contributed by atoms with Crippen LogP contribution in [0.1, 0.15) is 0 Å². The molecule has 0 aromatic heterocycles. The van der Waals surface area contributed by atoms with Crippen molar-refractivity contribution in [2.24, 2.45) is 0 Å². The van der Waals surface area contributed by atoms with E-state index in [0.29, 0.717) is 0 Å². The predicted octanol–water partition coefficient (Wildman–Crippen LogP) is 13.5. The molecule has 0 aliphatic heterocycles. The van der Waals surface area contributed by atoms with Gasteiger partial charge in [0.1, 0.15) is 0 Å². The lowest BCUT2D eigenvalue weighted by Gasteiger charge is -2.44. The highest BCUT2D eigenvalue weighted by Gasteiger charge is 3.00. The van der Waals surface area contributed by atoms with Gasteiger partial charge < -0.3 is 9.47 Å². The second-order valence-electron chi connectivity index (χ2n) is 11.9. The van der Waals surface area contributed by atoms with E-state index in [4.69, 9.17) is 0 Å². The van der Waals surface area contributed by atoms with E-state index < -0.39 is 133 Å². The van der Waals surface area contributed by atoms with Crippen LogP contribution in [-0.2, 0) is 9.47 Å². The Morgan fingerprint density at radius 3 is 0.379 bits per heavy atom. The van der Waals surface area contributed by atoms with Crippen LogP contribution in [0.25, 0.3) is 0 Å². The van der Waals surface area contributed by atoms with Crippen molar-refractivity contribution in [1.29, 1.82) is 0 Å². The highest BCUT2D eigenvalue weighted by Crippen LogP contribution is 2.68. The Kier molecular flexibility index (Phi) is 15.0. The van der Waals surface area contributed by atoms with E-state index in [1.54, 1.807) is 0 Å². The van der Waals surface area contributed by atoms with Crippen molar-refractivity contribution >= 4 is 0 Å². The first-order valence-corrected chi connectivity index (χ1v) is 13.9. The van der Waals surface area contributed by atoms with Gasteiger partial charge in [0.25, 0.3) is 0 Å². The lowest BCUT2D eigenvalue weighted by Crippen LogP contribution is -2.77. The summed E-state index contributed by atoms with van der Waals surface area (Å²) < 4.78 is 563. The van der Waals surface area contributed by atoms with E-state index in [2.05, 4.69) is 0 Å². The van der Waals surface area contributed by atoms with Gasteiger partial charge in [0.15, 0.2) is 0 Å². The lowest BCUT2D eigenvalue weighted by molar-refractivity contribution is -0.488. The molecule has 0 heterocycles. The zero-order chi connectivity index (χ0) is 54.8. The third kappa shape index (κ3) is 7.77.